The molecular weight excluding hydrogens is 420 g/mol. The summed E-state index contributed by atoms with van der Waals surface area (Å²) in [7, 11) is 0. The molecule has 0 saturated heterocycles. The Labute approximate surface area is 182 Å². The third-order valence-corrected chi connectivity index (χ3v) is 5.67. The van der Waals surface area contributed by atoms with Crippen molar-refractivity contribution in [3.8, 4) is 16.1 Å². The first-order valence-electron chi connectivity index (χ1n) is 9.12. The number of carbonyl (C=O) groups is 2. The van der Waals surface area contributed by atoms with Gasteiger partial charge in [0, 0.05) is 28.0 Å². The molecule has 2 aromatic heterocycles. The Balaban J connectivity index is 1.30. The van der Waals surface area contributed by atoms with Crippen LogP contribution in [-0.2, 0) is 4.79 Å². The van der Waals surface area contributed by atoms with Crippen LogP contribution in [0.5, 0.6) is 0 Å². The second kappa shape index (κ2) is 8.94. The number of nitrogens with one attached hydrogen (secondary N) is 2. The number of nitrogens with zero attached hydrogens (tertiary/aromatic N) is 2. The van der Waals surface area contributed by atoms with Crippen molar-refractivity contribution in [3.05, 3.63) is 89.0 Å². The third-order valence-electron chi connectivity index (χ3n) is 4.29. The van der Waals surface area contributed by atoms with Crippen LogP contribution in [0.2, 0.25) is 5.02 Å². The van der Waals surface area contributed by atoms with E-state index in [0.29, 0.717) is 15.6 Å². The number of anilines is 1. The van der Waals surface area contributed by atoms with Crippen molar-refractivity contribution >= 4 is 40.4 Å². The van der Waals surface area contributed by atoms with Gasteiger partial charge in [-0.1, -0.05) is 23.7 Å². The molecular formula is C22H17ClN4O2S. The van der Waals surface area contributed by atoms with Gasteiger partial charge in [0.1, 0.15) is 0 Å². The molecule has 0 spiro atoms. The van der Waals surface area contributed by atoms with Crippen LogP contribution in [-0.4, -0.2) is 28.1 Å². The van der Waals surface area contributed by atoms with Gasteiger partial charge in [-0.2, -0.15) is 5.10 Å². The van der Waals surface area contributed by atoms with E-state index in [1.54, 1.807) is 29.1 Å². The van der Waals surface area contributed by atoms with Gasteiger partial charge >= 0.3 is 0 Å². The van der Waals surface area contributed by atoms with Crippen LogP contribution in [0.25, 0.3) is 16.1 Å². The van der Waals surface area contributed by atoms with Gasteiger partial charge in [0.25, 0.3) is 5.91 Å². The van der Waals surface area contributed by atoms with Crippen LogP contribution in [0.1, 0.15) is 9.67 Å². The average molecular weight is 437 g/mol. The van der Waals surface area contributed by atoms with E-state index < -0.39 is 0 Å². The van der Waals surface area contributed by atoms with Gasteiger partial charge in [0.15, 0.2) is 0 Å². The number of rotatable bonds is 6. The highest BCUT2D eigenvalue weighted by atomic mass is 35.5. The van der Waals surface area contributed by atoms with Crippen molar-refractivity contribution in [2.45, 2.75) is 0 Å². The largest absolute Gasteiger partial charge is 0.342 e. The van der Waals surface area contributed by atoms with Crippen molar-refractivity contribution in [1.29, 1.82) is 0 Å². The van der Waals surface area contributed by atoms with Gasteiger partial charge in [-0.25, -0.2) is 4.68 Å². The minimum Gasteiger partial charge on any atom is -0.342 e. The van der Waals surface area contributed by atoms with Crippen LogP contribution in [0.15, 0.2) is 79.1 Å². The maximum Gasteiger partial charge on any atom is 0.261 e. The summed E-state index contributed by atoms with van der Waals surface area (Å²) in [5.41, 5.74) is 2.52. The first-order valence-corrected chi connectivity index (χ1v) is 10.3. The summed E-state index contributed by atoms with van der Waals surface area (Å²) in [6.45, 7) is -0.117. The molecule has 150 valence electrons. The van der Waals surface area contributed by atoms with E-state index in [4.69, 9.17) is 11.6 Å². The smallest absolute Gasteiger partial charge is 0.261 e. The molecule has 6 nitrogen and oxygen atoms in total. The molecule has 2 N–H and O–H groups in total. The molecule has 0 radical (unpaired) electrons. The molecule has 0 aliphatic rings. The normalized spacial score (nSPS) is 10.6. The first-order chi connectivity index (χ1) is 14.6. The maximum atomic E-state index is 12.4. The quantitative estimate of drug-likeness (QED) is 0.463. The monoisotopic (exact) mass is 436 g/mol. The molecule has 0 aliphatic heterocycles. The van der Waals surface area contributed by atoms with Gasteiger partial charge in [-0.05, 0) is 60.2 Å². The Morgan fingerprint density at radius 1 is 1.00 bits per heavy atom. The molecule has 8 heteroatoms. The van der Waals surface area contributed by atoms with E-state index >= 15 is 0 Å². The number of carbonyl (C=O) groups excluding carboxylic acids is 2. The Morgan fingerprint density at radius 2 is 1.77 bits per heavy atom. The lowest BCUT2D eigenvalue weighted by molar-refractivity contribution is -0.115. The van der Waals surface area contributed by atoms with Crippen molar-refractivity contribution in [1.82, 2.24) is 15.1 Å². The second-order valence-corrected chi connectivity index (χ2v) is 7.92. The lowest BCUT2D eigenvalue weighted by Gasteiger charge is -2.07. The number of hydrogen-bond acceptors (Lipinski definition) is 4. The summed E-state index contributed by atoms with van der Waals surface area (Å²) in [5.74, 6) is -0.589. The number of aromatic nitrogens is 2. The van der Waals surface area contributed by atoms with Gasteiger partial charge < -0.3 is 10.6 Å². The van der Waals surface area contributed by atoms with Crippen LogP contribution < -0.4 is 10.6 Å². The number of hydrogen-bond donors (Lipinski definition) is 2. The zero-order valence-electron chi connectivity index (χ0n) is 15.7. The predicted molar refractivity (Wildman–Crippen MR) is 119 cm³/mol. The van der Waals surface area contributed by atoms with Crippen molar-refractivity contribution in [2.75, 3.05) is 11.9 Å². The summed E-state index contributed by atoms with van der Waals surface area (Å²) in [5, 5.41) is 10.2. The van der Waals surface area contributed by atoms with Gasteiger partial charge in [-0.15, -0.1) is 11.3 Å². The van der Waals surface area contributed by atoms with E-state index in [9.17, 15) is 9.59 Å². The van der Waals surface area contributed by atoms with Crippen molar-refractivity contribution < 1.29 is 9.59 Å². The zero-order valence-corrected chi connectivity index (χ0v) is 17.3. The van der Waals surface area contributed by atoms with Crippen molar-refractivity contribution in [3.63, 3.8) is 0 Å². The molecule has 0 bridgehead atoms. The molecule has 0 fully saturated rings. The van der Waals surface area contributed by atoms with Crippen LogP contribution >= 0.6 is 22.9 Å². The standard InChI is InChI=1S/C22H17ClN4O2S/c23-16-4-2-15(3-5-16)19-10-11-20(30-19)22(29)24-14-21(28)26-17-6-8-18(9-7-17)27-13-1-12-25-27/h1-13H,14H2,(H,24,29)(H,26,28). The molecule has 4 aromatic rings. The van der Waals surface area contributed by atoms with E-state index in [1.807, 2.05) is 54.7 Å². The molecule has 2 aromatic carbocycles. The van der Waals surface area contributed by atoms with E-state index in [2.05, 4.69) is 15.7 Å². The highest BCUT2D eigenvalue weighted by Gasteiger charge is 2.12. The van der Waals surface area contributed by atoms with Gasteiger partial charge in [0.05, 0.1) is 17.1 Å². The fourth-order valence-corrected chi connectivity index (χ4v) is 3.85. The predicted octanol–water partition coefficient (Wildman–Crippen LogP) is 4.62. The topological polar surface area (TPSA) is 76.0 Å². The van der Waals surface area contributed by atoms with Crippen LogP contribution in [0.4, 0.5) is 5.69 Å². The summed E-state index contributed by atoms with van der Waals surface area (Å²) in [6.07, 6.45) is 3.54. The molecule has 0 atom stereocenters. The van der Waals surface area contributed by atoms with Crippen molar-refractivity contribution in [2.24, 2.45) is 0 Å². The molecule has 0 unspecified atom stereocenters. The minimum atomic E-state index is -0.301. The number of halogens is 1. The number of amides is 2. The Hall–Kier alpha value is -3.42. The van der Waals surface area contributed by atoms with E-state index in [0.717, 1.165) is 16.1 Å². The summed E-state index contributed by atoms with van der Waals surface area (Å²) >= 11 is 7.27. The molecule has 2 amide bonds. The first kappa shape index (κ1) is 19.9. The minimum absolute atomic E-state index is 0.117. The summed E-state index contributed by atoms with van der Waals surface area (Å²) in [6, 6.07) is 20.2. The highest BCUT2D eigenvalue weighted by Crippen LogP contribution is 2.29. The van der Waals surface area contributed by atoms with Crippen LogP contribution in [0.3, 0.4) is 0 Å². The van der Waals surface area contributed by atoms with E-state index in [1.165, 1.54) is 11.3 Å². The summed E-state index contributed by atoms with van der Waals surface area (Å²) < 4.78 is 1.73. The third kappa shape index (κ3) is 4.76. The maximum absolute atomic E-state index is 12.4. The molecule has 0 saturated carbocycles. The Kier molecular flexibility index (Phi) is 5.92. The molecule has 0 aliphatic carbocycles. The molecule has 30 heavy (non-hydrogen) atoms. The SMILES string of the molecule is O=C(CNC(=O)c1ccc(-c2ccc(Cl)cc2)s1)Nc1ccc(-n2cccn2)cc1. The fraction of sp³-hybridized carbons (Fsp3) is 0.0455. The zero-order chi connectivity index (χ0) is 20.9. The number of benzene rings is 2. The lowest BCUT2D eigenvalue weighted by Crippen LogP contribution is -2.32. The average Bonchev–Trinajstić information content (AvgIpc) is 3.46. The lowest BCUT2D eigenvalue weighted by atomic mass is 10.2. The second-order valence-electron chi connectivity index (χ2n) is 6.40. The van der Waals surface area contributed by atoms with Gasteiger partial charge in [0.2, 0.25) is 5.91 Å². The molecule has 2 heterocycles. The van der Waals surface area contributed by atoms with Gasteiger partial charge in [-0.3, -0.25) is 9.59 Å². The van der Waals surface area contributed by atoms with Crippen LogP contribution in [0, 0.1) is 0 Å². The Bertz CT molecular complexity index is 1150. The Morgan fingerprint density at radius 3 is 2.47 bits per heavy atom. The highest BCUT2D eigenvalue weighted by molar-refractivity contribution is 7.17. The van der Waals surface area contributed by atoms with E-state index in [-0.39, 0.29) is 18.4 Å². The summed E-state index contributed by atoms with van der Waals surface area (Å²) in [4.78, 5) is 26.0. The molecule has 4 rings (SSSR count). The number of thiophene rings is 1. The fourth-order valence-electron chi connectivity index (χ4n) is 2.80.